The predicted octanol–water partition coefficient (Wildman–Crippen LogP) is 1.26. The predicted molar refractivity (Wildman–Crippen MR) is 71.2 cm³/mol. The molecule has 0 heterocycles. The van der Waals surface area contributed by atoms with Crippen LogP contribution in [0, 0.1) is 0 Å². The summed E-state index contributed by atoms with van der Waals surface area (Å²) in [5.74, 6) is 0. The number of benzene rings is 1. The van der Waals surface area contributed by atoms with Crippen LogP contribution in [0.1, 0.15) is 0 Å². The summed E-state index contributed by atoms with van der Waals surface area (Å²) in [4.78, 5) is 12.8. The van der Waals surface area contributed by atoms with E-state index in [9.17, 15) is 4.79 Å². The first-order chi connectivity index (χ1) is 8.00. The minimum Gasteiger partial charge on any atom is -0.338 e. The van der Waals surface area contributed by atoms with Crippen LogP contribution < -0.4 is 15.5 Å². The van der Waals surface area contributed by atoms with Crippen LogP contribution in [-0.4, -0.2) is 33.2 Å². The number of anilines is 1. The van der Waals surface area contributed by atoms with Crippen molar-refractivity contribution in [3.8, 4) is 0 Å². The molecule has 0 aliphatic heterocycles. The summed E-state index contributed by atoms with van der Waals surface area (Å²) in [6.45, 7) is 1.46. The zero-order valence-electron chi connectivity index (χ0n) is 9.81. The molecule has 4 nitrogen and oxygen atoms in total. The summed E-state index contributed by atoms with van der Waals surface area (Å²) in [6.07, 6.45) is 0. The van der Waals surface area contributed by atoms with E-state index in [0.29, 0.717) is 22.3 Å². The first-order valence-electron chi connectivity index (χ1n) is 5.28. The van der Waals surface area contributed by atoms with Crippen LogP contribution in [0.2, 0.25) is 10.0 Å². The van der Waals surface area contributed by atoms with E-state index >= 15 is 0 Å². The molecule has 17 heavy (non-hydrogen) atoms. The zero-order chi connectivity index (χ0) is 12.8. The van der Waals surface area contributed by atoms with E-state index in [2.05, 4.69) is 10.6 Å². The van der Waals surface area contributed by atoms with Crippen LogP contribution >= 0.6 is 23.2 Å². The summed E-state index contributed by atoms with van der Waals surface area (Å²) in [5.41, 5.74) is 0.508. The van der Waals surface area contributed by atoms with E-state index in [4.69, 9.17) is 23.2 Å². The van der Waals surface area contributed by atoms with Crippen LogP contribution in [0.25, 0.3) is 0 Å². The lowest BCUT2D eigenvalue weighted by Gasteiger charge is -2.11. The average Bonchev–Trinajstić information content (AvgIpc) is 2.24. The first kappa shape index (κ1) is 14.1. The van der Waals surface area contributed by atoms with Crippen LogP contribution in [0.3, 0.4) is 0 Å². The maximum absolute atomic E-state index is 11.5. The number of carbonyl (C=O) groups excluding carboxylic acids is 1. The highest BCUT2D eigenvalue weighted by atomic mass is 35.5. The zero-order valence-corrected chi connectivity index (χ0v) is 11.3. The lowest BCUT2D eigenvalue weighted by Crippen LogP contribution is -3.06. The molecule has 0 saturated heterocycles. The highest BCUT2D eigenvalue weighted by molar-refractivity contribution is 6.43. The highest BCUT2D eigenvalue weighted by Crippen LogP contribution is 2.29. The van der Waals surface area contributed by atoms with Crippen molar-refractivity contribution in [3.63, 3.8) is 0 Å². The molecule has 6 heteroatoms. The molecule has 0 unspecified atom stereocenters. The number of urea groups is 1. The van der Waals surface area contributed by atoms with E-state index < -0.39 is 0 Å². The number of carbonyl (C=O) groups is 1. The Morgan fingerprint density at radius 1 is 1.35 bits per heavy atom. The minimum atomic E-state index is -0.282. The van der Waals surface area contributed by atoms with Gasteiger partial charge in [0.15, 0.2) is 0 Å². The highest BCUT2D eigenvalue weighted by Gasteiger charge is 2.07. The number of hydrogen-bond acceptors (Lipinski definition) is 1. The Morgan fingerprint density at radius 3 is 2.71 bits per heavy atom. The molecule has 3 N–H and O–H groups in total. The van der Waals surface area contributed by atoms with Gasteiger partial charge < -0.3 is 15.5 Å². The molecular weight excluding hydrogens is 261 g/mol. The normalized spacial score (nSPS) is 10.4. The second kappa shape index (κ2) is 6.69. The monoisotopic (exact) mass is 276 g/mol. The van der Waals surface area contributed by atoms with E-state index in [-0.39, 0.29) is 6.03 Å². The fourth-order valence-electron chi connectivity index (χ4n) is 1.19. The summed E-state index contributed by atoms with van der Waals surface area (Å²) in [5, 5.41) is 6.15. The number of nitrogens with one attached hydrogen (secondary N) is 3. The van der Waals surface area contributed by atoms with Gasteiger partial charge in [0.05, 0.1) is 42.9 Å². The fourth-order valence-corrected chi connectivity index (χ4v) is 1.54. The Balaban J connectivity index is 2.48. The number of amides is 2. The Morgan fingerprint density at radius 2 is 2.06 bits per heavy atom. The number of rotatable bonds is 4. The lowest BCUT2D eigenvalue weighted by atomic mass is 10.3. The van der Waals surface area contributed by atoms with Gasteiger partial charge in [-0.15, -0.1) is 0 Å². The lowest BCUT2D eigenvalue weighted by molar-refractivity contribution is -0.856. The standard InChI is InChI=1S/C11H15Cl2N3O/c1-16(2)7-6-14-11(17)15-9-5-3-4-8(12)10(9)13/h3-5H,6-7H2,1-2H3,(H2,14,15,17)/p+1. The molecule has 2 amide bonds. The first-order valence-corrected chi connectivity index (χ1v) is 6.04. The largest absolute Gasteiger partial charge is 0.338 e. The summed E-state index contributed by atoms with van der Waals surface area (Å²) < 4.78 is 0. The SMILES string of the molecule is C[NH+](C)CCNC(=O)Nc1cccc(Cl)c1Cl. The molecule has 0 aliphatic rings. The molecule has 0 aliphatic carbocycles. The maximum Gasteiger partial charge on any atom is 0.319 e. The van der Waals surface area contributed by atoms with Gasteiger partial charge in [-0.05, 0) is 12.1 Å². The van der Waals surface area contributed by atoms with Crippen molar-refractivity contribution in [2.45, 2.75) is 0 Å². The quantitative estimate of drug-likeness (QED) is 0.762. The van der Waals surface area contributed by atoms with Crippen molar-refractivity contribution in [3.05, 3.63) is 28.2 Å². The van der Waals surface area contributed by atoms with Crippen molar-refractivity contribution >= 4 is 34.9 Å². The van der Waals surface area contributed by atoms with Gasteiger partial charge in [0.25, 0.3) is 0 Å². The van der Waals surface area contributed by atoms with Gasteiger partial charge in [0.2, 0.25) is 0 Å². The van der Waals surface area contributed by atoms with Gasteiger partial charge in [0.1, 0.15) is 0 Å². The van der Waals surface area contributed by atoms with E-state index in [1.165, 1.54) is 4.90 Å². The molecule has 0 aromatic heterocycles. The number of halogens is 2. The third-order valence-electron chi connectivity index (χ3n) is 2.11. The molecule has 1 aromatic rings. The Bertz CT molecular complexity index is 396. The van der Waals surface area contributed by atoms with Crippen molar-refractivity contribution < 1.29 is 9.69 Å². The Hall–Kier alpha value is -0.970. The second-order valence-electron chi connectivity index (χ2n) is 3.94. The number of hydrogen-bond donors (Lipinski definition) is 3. The third-order valence-corrected chi connectivity index (χ3v) is 2.93. The van der Waals surface area contributed by atoms with Gasteiger partial charge in [-0.1, -0.05) is 29.3 Å². The minimum absolute atomic E-state index is 0.282. The second-order valence-corrected chi connectivity index (χ2v) is 4.72. The number of quaternary nitrogens is 1. The van der Waals surface area contributed by atoms with Crippen molar-refractivity contribution in [2.24, 2.45) is 0 Å². The topological polar surface area (TPSA) is 45.6 Å². The van der Waals surface area contributed by atoms with E-state index in [1.54, 1.807) is 18.2 Å². The van der Waals surface area contributed by atoms with Gasteiger partial charge in [-0.2, -0.15) is 0 Å². The van der Waals surface area contributed by atoms with Crippen molar-refractivity contribution in [2.75, 3.05) is 32.5 Å². The van der Waals surface area contributed by atoms with E-state index in [0.717, 1.165) is 6.54 Å². The summed E-state index contributed by atoms with van der Waals surface area (Å²) >= 11 is 11.8. The van der Waals surface area contributed by atoms with Crippen LogP contribution in [0.4, 0.5) is 10.5 Å². The molecule has 0 radical (unpaired) electrons. The Labute approximate surface area is 111 Å². The molecule has 0 fully saturated rings. The smallest absolute Gasteiger partial charge is 0.319 e. The fraction of sp³-hybridized carbons (Fsp3) is 0.364. The molecular formula is C11H16Cl2N3O+. The van der Waals surface area contributed by atoms with Gasteiger partial charge in [0, 0.05) is 0 Å². The maximum atomic E-state index is 11.5. The summed E-state index contributed by atoms with van der Waals surface area (Å²) in [6, 6.07) is 4.82. The summed E-state index contributed by atoms with van der Waals surface area (Å²) in [7, 11) is 4.04. The van der Waals surface area contributed by atoms with Crippen LogP contribution in [0.5, 0.6) is 0 Å². The molecule has 0 saturated carbocycles. The molecule has 0 bridgehead atoms. The average molecular weight is 277 g/mol. The van der Waals surface area contributed by atoms with Crippen LogP contribution in [-0.2, 0) is 0 Å². The van der Waals surface area contributed by atoms with Crippen molar-refractivity contribution in [1.82, 2.24) is 5.32 Å². The van der Waals surface area contributed by atoms with Gasteiger partial charge in [-0.25, -0.2) is 4.79 Å². The van der Waals surface area contributed by atoms with E-state index in [1.807, 2.05) is 14.1 Å². The molecule has 0 spiro atoms. The molecule has 0 atom stereocenters. The molecule has 1 rings (SSSR count). The molecule has 94 valence electrons. The van der Waals surface area contributed by atoms with Crippen LogP contribution in [0.15, 0.2) is 18.2 Å². The van der Waals surface area contributed by atoms with Gasteiger partial charge in [-0.3, -0.25) is 0 Å². The third kappa shape index (κ3) is 4.81. The number of likely N-dealkylation sites (N-methyl/N-ethyl adjacent to an activating group) is 1. The van der Waals surface area contributed by atoms with Crippen molar-refractivity contribution in [1.29, 1.82) is 0 Å². The van der Waals surface area contributed by atoms with Gasteiger partial charge >= 0.3 is 6.03 Å². The Kier molecular flexibility index (Phi) is 5.55. The molecule has 1 aromatic carbocycles.